The Morgan fingerprint density at radius 1 is 0.632 bits per heavy atom. The molecule has 0 saturated heterocycles. The number of benzene rings is 3. The Morgan fingerprint density at radius 3 is 2.05 bits per heavy atom. The van der Waals surface area contributed by atoms with Crippen molar-refractivity contribution < 1.29 is 0 Å². The Kier molecular flexibility index (Phi) is 3.56. The van der Waals surface area contributed by atoms with Gasteiger partial charge in [0, 0.05) is 0 Å². The minimum absolute atomic E-state index is 0. The fourth-order valence-electron chi connectivity index (χ4n) is 2.69. The molecule has 0 aromatic heterocycles. The molecule has 98 valence electrons. The van der Waals surface area contributed by atoms with Gasteiger partial charge in [-0.1, -0.05) is 75.4 Å². The summed E-state index contributed by atoms with van der Waals surface area (Å²) in [6, 6.07) is 19.8. The first-order valence-electron chi connectivity index (χ1n) is 6.48. The maximum atomic E-state index is 2.27. The van der Waals surface area contributed by atoms with Crippen LogP contribution in [0, 0.1) is 0 Å². The highest BCUT2D eigenvalue weighted by atomic mass is 35.5. The largest absolute Gasteiger partial charge is 0.147 e. The molecule has 0 nitrogen and oxygen atoms in total. The average molecular weight is 271 g/mol. The van der Waals surface area contributed by atoms with Gasteiger partial charge in [0.1, 0.15) is 0 Å². The third kappa shape index (κ3) is 2.33. The van der Waals surface area contributed by atoms with Crippen LogP contribution in [-0.2, 0) is 5.41 Å². The predicted octanol–water partition coefficient (Wildman–Crippen LogP) is 5.71. The molecule has 0 spiro atoms. The Hall–Kier alpha value is -1.53. The molecule has 19 heavy (non-hydrogen) atoms. The lowest BCUT2D eigenvalue weighted by Crippen LogP contribution is -2.11. The van der Waals surface area contributed by atoms with E-state index in [1.807, 2.05) is 0 Å². The number of hydrogen-bond donors (Lipinski definition) is 0. The van der Waals surface area contributed by atoms with Crippen LogP contribution in [0.1, 0.15) is 26.3 Å². The average Bonchev–Trinajstić information content (AvgIpc) is 2.36. The molecule has 0 atom stereocenters. The van der Waals surface area contributed by atoms with Crippen LogP contribution in [-0.4, -0.2) is 0 Å². The van der Waals surface area contributed by atoms with Crippen molar-refractivity contribution in [1.82, 2.24) is 0 Å². The summed E-state index contributed by atoms with van der Waals surface area (Å²) in [7, 11) is 0. The zero-order chi connectivity index (χ0) is 12.8. The van der Waals surface area contributed by atoms with Crippen LogP contribution in [0.25, 0.3) is 21.5 Å². The Bertz CT molecular complexity index is 720. The van der Waals surface area contributed by atoms with Gasteiger partial charge in [0.15, 0.2) is 0 Å². The summed E-state index contributed by atoms with van der Waals surface area (Å²) in [6.07, 6.45) is 0. The first kappa shape index (κ1) is 13.9. The number of halogens is 1. The monoisotopic (exact) mass is 270 g/mol. The summed E-state index contributed by atoms with van der Waals surface area (Å²) in [6.45, 7) is 6.82. The predicted molar refractivity (Wildman–Crippen MR) is 87.4 cm³/mol. The van der Waals surface area contributed by atoms with Crippen molar-refractivity contribution in [1.29, 1.82) is 0 Å². The molecule has 0 radical (unpaired) electrons. The van der Waals surface area contributed by atoms with Crippen LogP contribution in [0.5, 0.6) is 0 Å². The maximum absolute atomic E-state index is 2.27. The molecule has 0 bridgehead atoms. The van der Waals surface area contributed by atoms with Crippen LogP contribution in [0.15, 0.2) is 54.6 Å². The lowest BCUT2D eigenvalue weighted by atomic mass is 9.83. The third-order valence-corrected chi connectivity index (χ3v) is 3.59. The van der Waals surface area contributed by atoms with Crippen molar-refractivity contribution in [3.63, 3.8) is 0 Å². The molecule has 3 aromatic carbocycles. The van der Waals surface area contributed by atoms with E-state index in [9.17, 15) is 0 Å². The summed E-state index contributed by atoms with van der Waals surface area (Å²) < 4.78 is 0. The molecule has 0 amide bonds. The van der Waals surface area contributed by atoms with E-state index in [4.69, 9.17) is 0 Å². The van der Waals surface area contributed by atoms with E-state index in [1.165, 1.54) is 27.1 Å². The van der Waals surface area contributed by atoms with Gasteiger partial charge < -0.3 is 0 Å². The normalized spacial score (nSPS) is 11.5. The van der Waals surface area contributed by atoms with E-state index in [0.29, 0.717) is 0 Å². The fourth-order valence-corrected chi connectivity index (χ4v) is 2.69. The Balaban J connectivity index is 0.00000133. The van der Waals surface area contributed by atoms with Crippen molar-refractivity contribution >= 4 is 34.0 Å². The van der Waals surface area contributed by atoms with Crippen molar-refractivity contribution in [3.05, 3.63) is 60.2 Å². The highest BCUT2D eigenvalue weighted by Gasteiger charge is 2.16. The molecule has 0 fully saturated rings. The third-order valence-electron chi connectivity index (χ3n) is 3.59. The van der Waals surface area contributed by atoms with Crippen LogP contribution >= 0.6 is 12.4 Å². The highest BCUT2D eigenvalue weighted by molar-refractivity contribution is 6.08. The summed E-state index contributed by atoms with van der Waals surface area (Å²) in [5.41, 5.74) is 1.60. The summed E-state index contributed by atoms with van der Waals surface area (Å²) in [5.74, 6) is 0. The zero-order valence-corrected chi connectivity index (χ0v) is 12.4. The first-order valence-corrected chi connectivity index (χ1v) is 6.48. The van der Waals surface area contributed by atoms with Gasteiger partial charge in [0.25, 0.3) is 0 Å². The quantitative estimate of drug-likeness (QED) is 0.459. The van der Waals surface area contributed by atoms with Gasteiger partial charge in [-0.25, -0.2) is 0 Å². The van der Waals surface area contributed by atoms with E-state index in [1.54, 1.807) is 0 Å². The van der Waals surface area contributed by atoms with Crippen molar-refractivity contribution in [2.24, 2.45) is 0 Å². The van der Waals surface area contributed by atoms with Gasteiger partial charge in [-0.15, -0.1) is 12.4 Å². The Morgan fingerprint density at radius 2 is 1.32 bits per heavy atom. The second-order valence-electron chi connectivity index (χ2n) is 5.94. The van der Waals surface area contributed by atoms with Crippen LogP contribution < -0.4 is 0 Å². The topological polar surface area (TPSA) is 0 Å². The first-order chi connectivity index (χ1) is 8.57. The summed E-state index contributed by atoms with van der Waals surface area (Å²) in [4.78, 5) is 0. The molecular formula is C18H19Cl. The zero-order valence-electron chi connectivity index (χ0n) is 11.6. The fraction of sp³-hybridized carbons (Fsp3) is 0.222. The van der Waals surface area contributed by atoms with E-state index < -0.39 is 0 Å². The summed E-state index contributed by atoms with van der Waals surface area (Å²) >= 11 is 0. The van der Waals surface area contributed by atoms with Crippen molar-refractivity contribution in [2.75, 3.05) is 0 Å². The van der Waals surface area contributed by atoms with E-state index in [2.05, 4.69) is 75.4 Å². The van der Waals surface area contributed by atoms with E-state index in [-0.39, 0.29) is 17.8 Å². The minimum atomic E-state index is 0. The molecule has 3 rings (SSSR count). The van der Waals surface area contributed by atoms with Crippen LogP contribution in [0.4, 0.5) is 0 Å². The lowest BCUT2D eigenvalue weighted by molar-refractivity contribution is 0.596. The smallest absolute Gasteiger partial charge is 0.0102 e. The van der Waals surface area contributed by atoms with Gasteiger partial charge >= 0.3 is 0 Å². The van der Waals surface area contributed by atoms with Crippen LogP contribution in [0.2, 0.25) is 0 Å². The van der Waals surface area contributed by atoms with Gasteiger partial charge in [-0.2, -0.15) is 0 Å². The molecule has 0 heterocycles. The minimum Gasteiger partial charge on any atom is -0.147 e. The van der Waals surface area contributed by atoms with Gasteiger partial charge in [-0.3, -0.25) is 0 Å². The van der Waals surface area contributed by atoms with E-state index in [0.717, 1.165) is 0 Å². The molecule has 0 unspecified atom stereocenters. The maximum Gasteiger partial charge on any atom is -0.0102 e. The molecule has 1 heteroatoms. The summed E-state index contributed by atoms with van der Waals surface area (Å²) in [5, 5.41) is 5.40. The molecule has 0 N–H and O–H groups in total. The second-order valence-corrected chi connectivity index (χ2v) is 5.94. The Labute approximate surface area is 120 Å². The second kappa shape index (κ2) is 4.86. The number of rotatable bonds is 0. The molecule has 0 aliphatic carbocycles. The SMILES string of the molecule is CC(C)(C)c1cccc2c1ccc1ccccc12.Cl. The van der Waals surface area contributed by atoms with Crippen molar-refractivity contribution in [3.8, 4) is 0 Å². The lowest BCUT2D eigenvalue weighted by Gasteiger charge is -2.21. The van der Waals surface area contributed by atoms with Gasteiger partial charge in [0.05, 0.1) is 0 Å². The molecule has 0 saturated carbocycles. The van der Waals surface area contributed by atoms with Gasteiger partial charge in [0.2, 0.25) is 0 Å². The molecular weight excluding hydrogens is 252 g/mol. The van der Waals surface area contributed by atoms with Crippen molar-refractivity contribution in [2.45, 2.75) is 26.2 Å². The number of hydrogen-bond acceptors (Lipinski definition) is 0. The van der Waals surface area contributed by atoms with E-state index >= 15 is 0 Å². The standard InChI is InChI=1S/C18H18.ClH/c1-18(2,3)17-10-6-9-15-14-8-5-4-7-13(14)11-12-16(15)17;/h4-12H,1-3H3;1H. The number of fused-ring (bicyclic) bond motifs is 3. The highest BCUT2D eigenvalue weighted by Crippen LogP contribution is 2.33. The molecule has 0 aliphatic rings. The molecule has 0 aliphatic heterocycles. The molecule has 3 aromatic rings. The van der Waals surface area contributed by atoms with Gasteiger partial charge in [-0.05, 0) is 32.5 Å². The van der Waals surface area contributed by atoms with Crippen LogP contribution in [0.3, 0.4) is 0 Å².